The van der Waals surface area contributed by atoms with E-state index in [1.807, 2.05) is 30.1 Å². The zero-order valence-electron chi connectivity index (χ0n) is 11.8. The number of aryl methyl sites for hydroxylation is 1. The summed E-state index contributed by atoms with van der Waals surface area (Å²) in [6, 6.07) is 8.92. The summed E-state index contributed by atoms with van der Waals surface area (Å²) in [6.45, 7) is 3.08. The molecule has 1 atom stereocenters. The number of benzene rings is 1. The van der Waals surface area contributed by atoms with Crippen molar-refractivity contribution in [3.63, 3.8) is 0 Å². The Labute approximate surface area is 123 Å². The van der Waals surface area contributed by atoms with E-state index in [9.17, 15) is 4.39 Å². The smallest absolute Gasteiger partial charge is 0.123 e. The molecule has 0 aliphatic heterocycles. The maximum atomic E-state index is 12.9. The van der Waals surface area contributed by atoms with Crippen LogP contribution in [0.25, 0.3) is 0 Å². The minimum atomic E-state index is -0.194. The Bertz CT molecular complexity index is 524. The molecular formula is C15H20FN3S. The van der Waals surface area contributed by atoms with E-state index in [1.165, 1.54) is 17.8 Å². The van der Waals surface area contributed by atoms with Crippen LogP contribution < -0.4 is 5.32 Å². The van der Waals surface area contributed by atoms with Gasteiger partial charge >= 0.3 is 0 Å². The Kier molecular flexibility index (Phi) is 5.61. The first kappa shape index (κ1) is 15.1. The van der Waals surface area contributed by atoms with Gasteiger partial charge in [0.2, 0.25) is 0 Å². The topological polar surface area (TPSA) is 29.9 Å². The third-order valence-electron chi connectivity index (χ3n) is 3.12. The third kappa shape index (κ3) is 3.84. The van der Waals surface area contributed by atoms with Crippen LogP contribution in [-0.2, 0) is 6.54 Å². The van der Waals surface area contributed by atoms with Crippen LogP contribution in [0, 0.1) is 5.82 Å². The van der Waals surface area contributed by atoms with Gasteiger partial charge in [0.1, 0.15) is 5.82 Å². The Balaban J connectivity index is 2.01. The highest BCUT2D eigenvalue weighted by Gasteiger charge is 2.14. The number of aromatic nitrogens is 2. The predicted octanol–water partition coefficient (Wildman–Crippen LogP) is 3.49. The second-order valence-corrected chi connectivity index (χ2v) is 5.68. The molecule has 1 aromatic heterocycles. The summed E-state index contributed by atoms with van der Waals surface area (Å²) in [7, 11) is 1.96. The van der Waals surface area contributed by atoms with E-state index in [0.29, 0.717) is 0 Å². The number of halogens is 1. The van der Waals surface area contributed by atoms with Crippen LogP contribution >= 0.6 is 11.8 Å². The van der Waals surface area contributed by atoms with Crippen LogP contribution in [0.15, 0.2) is 41.4 Å². The van der Waals surface area contributed by atoms with E-state index in [1.54, 1.807) is 11.8 Å². The van der Waals surface area contributed by atoms with Gasteiger partial charge in [0, 0.05) is 23.4 Å². The van der Waals surface area contributed by atoms with Crippen molar-refractivity contribution in [2.75, 3.05) is 12.8 Å². The fourth-order valence-electron chi connectivity index (χ4n) is 2.06. The van der Waals surface area contributed by atoms with Crippen molar-refractivity contribution in [3.05, 3.63) is 48.0 Å². The van der Waals surface area contributed by atoms with Crippen molar-refractivity contribution in [1.29, 1.82) is 0 Å². The Morgan fingerprint density at radius 2 is 2.05 bits per heavy atom. The van der Waals surface area contributed by atoms with Gasteiger partial charge < -0.3 is 5.32 Å². The van der Waals surface area contributed by atoms with Gasteiger partial charge in [-0.1, -0.05) is 6.92 Å². The molecule has 1 heterocycles. The second-order valence-electron chi connectivity index (χ2n) is 4.59. The summed E-state index contributed by atoms with van der Waals surface area (Å²) in [5, 5.41) is 7.69. The molecule has 0 aliphatic carbocycles. The molecule has 1 unspecified atom stereocenters. The number of hydrogen-bond donors (Lipinski definition) is 1. The maximum Gasteiger partial charge on any atom is 0.123 e. The highest BCUT2D eigenvalue weighted by atomic mass is 32.2. The van der Waals surface area contributed by atoms with Crippen LogP contribution in [0.5, 0.6) is 0 Å². The second kappa shape index (κ2) is 7.45. The van der Waals surface area contributed by atoms with Gasteiger partial charge in [-0.05, 0) is 43.8 Å². The molecule has 0 amide bonds. The number of nitrogens with one attached hydrogen (secondary N) is 1. The zero-order valence-corrected chi connectivity index (χ0v) is 12.7. The van der Waals surface area contributed by atoms with Gasteiger partial charge in [-0.15, -0.1) is 11.8 Å². The van der Waals surface area contributed by atoms with Gasteiger partial charge in [0.15, 0.2) is 0 Å². The van der Waals surface area contributed by atoms with Crippen molar-refractivity contribution in [3.8, 4) is 0 Å². The van der Waals surface area contributed by atoms with Gasteiger partial charge in [0.05, 0.1) is 11.7 Å². The zero-order chi connectivity index (χ0) is 14.4. The molecule has 0 fully saturated rings. The first-order valence-electron chi connectivity index (χ1n) is 6.82. The molecule has 0 bridgehead atoms. The highest BCUT2D eigenvalue weighted by Crippen LogP contribution is 2.24. The largest absolute Gasteiger partial charge is 0.311 e. The van der Waals surface area contributed by atoms with Crippen molar-refractivity contribution in [2.45, 2.75) is 30.8 Å². The molecule has 0 spiro atoms. The van der Waals surface area contributed by atoms with E-state index < -0.39 is 0 Å². The standard InChI is InChI=1S/C15H20FN3S/c1-3-10-19-15(8-9-18-19)14(17-2)11-20-13-6-4-12(16)5-7-13/h4-9,14,17H,3,10-11H2,1-2H3. The van der Waals surface area contributed by atoms with Crippen molar-refractivity contribution in [1.82, 2.24) is 15.1 Å². The maximum absolute atomic E-state index is 12.9. The Hall–Kier alpha value is -1.33. The molecule has 2 aromatic rings. The van der Waals surface area contributed by atoms with Crippen LogP contribution in [0.2, 0.25) is 0 Å². The molecule has 1 aromatic carbocycles. The van der Waals surface area contributed by atoms with E-state index in [0.717, 1.165) is 23.6 Å². The third-order valence-corrected chi connectivity index (χ3v) is 4.23. The molecule has 0 saturated heterocycles. The van der Waals surface area contributed by atoms with Gasteiger partial charge in [-0.25, -0.2) is 4.39 Å². The van der Waals surface area contributed by atoms with Gasteiger partial charge in [0.25, 0.3) is 0 Å². The summed E-state index contributed by atoms with van der Waals surface area (Å²) in [5.41, 5.74) is 1.20. The monoisotopic (exact) mass is 293 g/mol. The Morgan fingerprint density at radius 1 is 1.30 bits per heavy atom. The van der Waals surface area contributed by atoms with Crippen LogP contribution in [0.3, 0.4) is 0 Å². The fourth-order valence-corrected chi connectivity index (χ4v) is 3.09. The van der Waals surface area contributed by atoms with Crippen LogP contribution in [-0.4, -0.2) is 22.6 Å². The molecular weight excluding hydrogens is 273 g/mol. The Morgan fingerprint density at radius 3 is 2.70 bits per heavy atom. The van der Waals surface area contributed by atoms with E-state index in [4.69, 9.17) is 0 Å². The summed E-state index contributed by atoms with van der Waals surface area (Å²) >= 11 is 1.72. The molecule has 0 radical (unpaired) electrons. The molecule has 0 aliphatic rings. The van der Waals surface area contributed by atoms with Crippen molar-refractivity contribution >= 4 is 11.8 Å². The predicted molar refractivity (Wildman–Crippen MR) is 81.4 cm³/mol. The van der Waals surface area contributed by atoms with E-state index in [-0.39, 0.29) is 11.9 Å². The fraction of sp³-hybridized carbons (Fsp3) is 0.400. The lowest BCUT2D eigenvalue weighted by Crippen LogP contribution is -2.22. The quantitative estimate of drug-likeness (QED) is 0.793. The summed E-state index contributed by atoms with van der Waals surface area (Å²) < 4.78 is 14.9. The molecule has 20 heavy (non-hydrogen) atoms. The number of rotatable bonds is 7. The normalized spacial score (nSPS) is 12.6. The molecule has 1 N–H and O–H groups in total. The van der Waals surface area contributed by atoms with Gasteiger partial charge in [-0.3, -0.25) is 4.68 Å². The molecule has 3 nitrogen and oxygen atoms in total. The summed E-state index contributed by atoms with van der Waals surface area (Å²) in [5.74, 6) is 0.693. The van der Waals surface area contributed by atoms with Crippen LogP contribution in [0.4, 0.5) is 4.39 Å². The molecule has 108 valence electrons. The van der Waals surface area contributed by atoms with Crippen molar-refractivity contribution in [2.24, 2.45) is 0 Å². The van der Waals surface area contributed by atoms with E-state index >= 15 is 0 Å². The average Bonchev–Trinajstić information content (AvgIpc) is 2.90. The minimum Gasteiger partial charge on any atom is -0.311 e. The number of thioether (sulfide) groups is 1. The highest BCUT2D eigenvalue weighted by molar-refractivity contribution is 7.99. The minimum absolute atomic E-state index is 0.194. The number of nitrogens with zero attached hydrogens (tertiary/aromatic N) is 2. The lowest BCUT2D eigenvalue weighted by Gasteiger charge is -2.17. The van der Waals surface area contributed by atoms with Gasteiger partial charge in [-0.2, -0.15) is 5.10 Å². The SMILES string of the molecule is CCCn1nccc1C(CSc1ccc(F)cc1)NC. The van der Waals surface area contributed by atoms with E-state index in [2.05, 4.69) is 23.4 Å². The molecule has 2 rings (SSSR count). The average molecular weight is 293 g/mol. The first-order chi connectivity index (χ1) is 9.74. The van der Waals surface area contributed by atoms with Crippen LogP contribution in [0.1, 0.15) is 25.1 Å². The van der Waals surface area contributed by atoms with Crippen molar-refractivity contribution < 1.29 is 4.39 Å². The lowest BCUT2D eigenvalue weighted by molar-refractivity contribution is 0.524. The molecule has 0 saturated carbocycles. The number of hydrogen-bond acceptors (Lipinski definition) is 3. The lowest BCUT2D eigenvalue weighted by atomic mass is 10.2. The molecule has 5 heteroatoms. The summed E-state index contributed by atoms with van der Waals surface area (Å²) in [4.78, 5) is 1.08. The first-order valence-corrected chi connectivity index (χ1v) is 7.80. The summed E-state index contributed by atoms with van der Waals surface area (Å²) in [6.07, 6.45) is 2.91.